The standard InChI is InChI=1S/C34H29N3O6S2/c1-42-20-13-9-19(10-14-20)37-32(39)27-22-15-23(28(27)33(37)40)29-26(22)25(30-31(44-29)36-34(41)45-30)17-7-11-21(12-8-17)43-16-24(38)35-18-5-3-2-4-6-18/h2-14,22-23,25-29H,15-16H2,1H3,(H,35,38)(H,36,41)/t22?,23?,25-,26?,27?,28?,29?/m1/s1. The summed E-state index contributed by atoms with van der Waals surface area (Å²) in [7, 11) is 1.58. The van der Waals surface area contributed by atoms with Gasteiger partial charge >= 0.3 is 4.87 Å². The van der Waals surface area contributed by atoms with Gasteiger partial charge < -0.3 is 19.8 Å². The van der Waals surface area contributed by atoms with Crippen LogP contribution in [0.5, 0.6) is 11.5 Å². The van der Waals surface area contributed by atoms with Crippen molar-refractivity contribution in [3.63, 3.8) is 0 Å². The lowest BCUT2D eigenvalue weighted by Gasteiger charge is -2.43. The van der Waals surface area contributed by atoms with Gasteiger partial charge in [-0.05, 0) is 78.3 Å². The molecule has 2 N–H and O–H groups in total. The van der Waals surface area contributed by atoms with Gasteiger partial charge in [0.2, 0.25) is 11.8 Å². The first-order valence-corrected chi connectivity index (χ1v) is 16.6. The largest absolute Gasteiger partial charge is 0.497 e. The van der Waals surface area contributed by atoms with Gasteiger partial charge in [-0.3, -0.25) is 24.1 Å². The maximum absolute atomic E-state index is 14.0. The maximum atomic E-state index is 14.0. The fourth-order valence-electron chi connectivity index (χ4n) is 8.01. The Morgan fingerprint density at radius 1 is 0.911 bits per heavy atom. The van der Waals surface area contributed by atoms with Crippen molar-refractivity contribution in [2.75, 3.05) is 23.9 Å². The first kappa shape index (κ1) is 28.1. The molecule has 6 unspecified atom stereocenters. The number of amides is 3. The zero-order valence-corrected chi connectivity index (χ0v) is 25.8. The molecule has 9 nitrogen and oxygen atoms in total. The summed E-state index contributed by atoms with van der Waals surface area (Å²) in [4.78, 5) is 58.1. The van der Waals surface area contributed by atoms with Crippen molar-refractivity contribution >= 4 is 52.2 Å². The Bertz CT molecular complexity index is 1860. The summed E-state index contributed by atoms with van der Waals surface area (Å²) in [5, 5.41) is 3.78. The summed E-state index contributed by atoms with van der Waals surface area (Å²) in [6.07, 6.45) is 0.818. The van der Waals surface area contributed by atoms with E-state index < -0.39 is 0 Å². The van der Waals surface area contributed by atoms with Gasteiger partial charge in [-0.25, -0.2) is 0 Å². The van der Waals surface area contributed by atoms with Gasteiger partial charge in [0, 0.05) is 21.7 Å². The highest BCUT2D eigenvalue weighted by Crippen LogP contribution is 2.68. The van der Waals surface area contributed by atoms with Gasteiger partial charge in [0.05, 0.1) is 29.7 Å². The molecule has 2 bridgehead atoms. The topological polar surface area (TPSA) is 118 Å². The molecule has 4 aliphatic rings. The predicted octanol–water partition coefficient (Wildman–Crippen LogP) is 5.14. The van der Waals surface area contributed by atoms with E-state index in [2.05, 4.69) is 10.3 Å². The van der Waals surface area contributed by atoms with E-state index in [1.165, 1.54) is 16.2 Å². The van der Waals surface area contributed by atoms with Crippen molar-refractivity contribution in [3.8, 4) is 11.5 Å². The summed E-state index contributed by atoms with van der Waals surface area (Å²) in [6.45, 7) is -0.129. The highest BCUT2D eigenvalue weighted by Gasteiger charge is 2.69. The zero-order chi connectivity index (χ0) is 30.8. The number of carbonyl (C=O) groups is 3. The number of nitrogens with zero attached hydrogens (tertiary/aromatic N) is 1. The molecule has 2 aliphatic carbocycles. The summed E-state index contributed by atoms with van der Waals surface area (Å²) >= 11 is 2.89. The van der Waals surface area contributed by atoms with Gasteiger partial charge in [0.1, 0.15) is 11.5 Å². The molecule has 2 saturated carbocycles. The van der Waals surface area contributed by atoms with E-state index in [9.17, 15) is 19.2 Å². The van der Waals surface area contributed by atoms with Crippen LogP contribution >= 0.6 is 23.1 Å². The molecule has 2 aliphatic heterocycles. The number of H-pyrrole nitrogens is 1. The Morgan fingerprint density at radius 2 is 1.60 bits per heavy atom. The van der Waals surface area contributed by atoms with Crippen molar-refractivity contribution in [2.24, 2.45) is 29.6 Å². The van der Waals surface area contributed by atoms with Crippen LogP contribution < -0.4 is 24.6 Å². The average molecular weight is 640 g/mol. The number of imide groups is 1. The SMILES string of the molecule is COc1ccc(N2C(=O)C3C4CC(C3C2=O)C2C4Sc3[nH]c(=O)sc3[C@@H]2c2ccc(OCC(=O)Nc3ccccc3)cc2)cc1. The molecule has 7 atom stereocenters. The van der Waals surface area contributed by atoms with Crippen LogP contribution in [-0.4, -0.2) is 41.7 Å². The number of hydrogen-bond acceptors (Lipinski definition) is 8. The Hall–Kier alpha value is -4.35. The maximum Gasteiger partial charge on any atom is 0.305 e. The minimum atomic E-state index is -0.378. The second kappa shape index (κ2) is 10.9. The number of fused-ring (bicyclic) bond motifs is 9. The number of anilines is 2. The number of para-hydroxylation sites is 1. The van der Waals surface area contributed by atoms with Crippen LogP contribution in [0.3, 0.4) is 0 Å². The number of aromatic amines is 1. The number of methoxy groups -OCH3 is 1. The Labute approximate surface area is 266 Å². The molecular formula is C34H29N3O6S2. The number of thiazole rings is 1. The number of rotatable bonds is 7. The Balaban J connectivity index is 1.06. The van der Waals surface area contributed by atoms with Crippen LogP contribution in [0, 0.1) is 29.6 Å². The van der Waals surface area contributed by atoms with Gasteiger partial charge in [-0.2, -0.15) is 0 Å². The number of aromatic nitrogens is 1. The minimum Gasteiger partial charge on any atom is -0.497 e. The molecule has 45 heavy (non-hydrogen) atoms. The lowest BCUT2D eigenvalue weighted by atomic mass is 9.68. The summed E-state index contributed by atoms with van der Waals surface area (Å²) < 4.78 is 11.0. The Morgan fingerprint density at radius 3 is 2.31 bits per heavy atom. The van der Waals surface area contributed by atoms with E-state index in [4.69, 9.17) is 9.47 Å². The number of thioether (sulfide) groups is 1. The van der Waals surface area contributed by atoms with E-state index in [1.54, 1.807) is 43.1 Å². The predicted molar refractivity (Wildman–Crippen MR) is 171 cm³/mol. The second-order valence-electron chi connectivity index (χ2n) is 11.9. The summed E-state index contributed by atoms with van der Waals surface area (Å²) in [5.41, 5.74) is 2.30. The number of benzene rings is 3. The fraction of sp³-hybridized carbons (Fsp3) is 0.294. The molecule has 8 rings (SSSR count). The number of carbonyl (C=O) groups excluding carboxylic acids is 3. The first-order valence-electron chi connectivity index (χ1n) is 14.9. The molecular weight excluding hydrogens is 611 g/mol. The van der Waals surface area contributed by atoms with Crippen LogP contribution in [0.4, 0.5) is 11.4 Å². The van der Waals surface area contributed by atoms with Crippen molar-refractivity contribution in [1.29, 1.82) is 0 Å². The van der Waals surface area contributed by atoms with Crippen LogP contribution in [0.2, 0.25) is 0 Å². The summed E-state index contributed by atoms with van der Waals surface area (Å²) in [6, 6.07) is 24.0. The summed E-state index contributed by atoms with van der Waals surface area (Å²) in [5.74, 6) is 0.0357. The van der Waals surface area contributed by atoms with Crippen LogP contribution in [0.1, 0.15) is 22.8 Å². The first-order chi connectivity index (χ1) is 21.9. The second-order valence-corrected chi connectivity index (χ2v) is 14.1. The monoisotopic (exact) mass is 639 g/mol. The van der Waals surface area contributed by atoms with Gasteiger partial charge in [0.15, 0.2) is 6.61 Å². The number of hydrogen-bond donors (Lipinski definition) is 2. The van der Waals surface area contributed by atoms with Crippen molar-refractivity contribution in [1.82, 2.24) is 4.98 Å². The molecule has 3 fully saturated rings. The lowest BCUT2D eigenvalue weighted by molar-refractivity contribution is -0.123. The highest BCUT2D eigenvalue weighted by atomic mass is 32.2. The molecule has 1 saturated heterocycles. The van der Waals surface area contributed by atoms with Crippen molar-refractivity contribution < 1.29 is 23.9 Å². The van der Waals surface area contributed by atoms with E-state index in [0.29, 0.717) is 22.9 Å². The normalized spacial score (nSPS) is 27.6. The van der Waals surface area contributed by atoms with E-state index in [0.717, 1.165) is 21.9 Å². The molecule has 4 aromatic rings. The van der Waals surface area contributed by atoms with Gasteiger partial charge in [0.25, 0.3) is 5.91 Å². The lowest BCUT2D eigenvalue weighted by Crippen LogP contribution is -2.42. The average Bonchev–Trinajstić information content (AvgIpc) is 3.79. The van der Waals surface area contributed by atoms with E-state index in [1.807, 2.05) is 54.6 Å². The van der Waals surface area contributed by atoms with Crippen LogP contribution in [-0.2, 0) is 14.4 Å². The third kappa shape index (κ3) is 4.59. The van der Waals surface area contributed by atoms with Crippen molar-refractivity contribution in [3.05, 3.63) is 99.0 Å². The highest BCUT2D eigenvalue weighted by molar-refractivity contribution is 8.00. The minimum absolute atomic E-state index is 0.0187. The van der Waals surface area contributed by atoms with Crippen LogP contribution in [0.15, 0.2) is 88.7 Å². The van der Waals surface area contributed by atoms with Crippen LogP contribution in [0.25, 0.3) is 0 Å². The molecule has 0 radical (unpaired) electrons. The number of ether oxygens (including phenoxy) is 2. The zero-order valence-electron chi connectivity index (χ0n) is 24.2. The molecule has 3 heterocycles. The third-order valence-corrected chi connectivity index (χ3v) is 12.3. The molecule has 3 aromatic carbocycles. The molecule has 11 heteroatoms. The quantitative estimate of drug-likeness (QED) is 0.269. The molecule has 3 amide bonds. The molecule has 1 aromatic heterocycles. The van der Waals surface area contributed by atoms with E-state index >= 15 is 0 Å². The van der Waals surface area contributed by atoms with Gasteiger partial charge in [-0.1, -0.05) is 41.7 Å². The smallest absolute Gasteiger partial charge is 0.305 e. The van der Waals surface area contributed by atoms with E-state index in [-0.39, 0.29) is 70.0 Å². The molecule has 228 valence electrons. The fourth-order valence-corrected chi connectivity index (χ4v) is 10.9. The Kier molecular flexibility index (Phi) is 6.83. The van der Waals surface area contributed by atoms with Gasteiger partial charge in [-0.15, -0.1) is 11.8 Å². The number of nitrogens with one attached hydrogen (secondary N) is 2. The van der Waals surface area contributed by atoms with Crippen molar-refractivity contribution in [2.45, 2.75) is 22.6 Å². The third-order valence-electron chi connectivity index (χ3n) is 9.72. The molecule has 0 spiro atoms.